The number of allylic oxidation sites excluding steroid dienone is 1. The van der Waals surface area contributed by atoms with E-state index in [9.17, 15) is 35.4 Å². The molecule has 0 radical (unpaired) electrons. The van der Waals surface area contributed by atoms with E-state index in [1.807, 2.05) is 0 Å². The molecule has 3 aliphatic rings. The van der Waals surface area contributed by atoms with Gasteiger partial charge >= 0.3 is 5.97 Å². The molecule has 2 heterocycles. The number of ether oxygens (including phenoxy) is 4. The van der Waals surface area contributed by atoms with Crippen LogP contribution in [0, 0.1) is 17.8 Å². The molecule has 1 saturated heterocycles. The molecule has 238 valence electrons. The van der Waals surface area contributed by atoms with Crippen molar-refractivity contribution in [3.05, 3.63) is 36.1 Å². The van der Waals surface area contributed by atoms with Gasteiger partial charge in [0.05, 0.1) is 25.6 Å². The fourth-order valence-corrected chi connectivity index (χ4v) is 6.91. The summed E-state index contributed by atoms with van der Waals surface area (Å²) in [5.41, 5.74) is -3.63. The van der Waals surface area contributed by atoms with Crippen LogP contribution in [0.15, 0.2) is 35.0 Å². The van der Waals surface area contributed by atoms with E-state index in [0.717, 1.165) is 0 Å². The molecule has 1 aliphatic heterocycles. The maximum absolute atomic E-state index is 12.4. The van der Waals surface area contributed by atoms with Gasteiger partial charge in [-0.3, -0.25) is 4.79 Å². The number of furan rings is 1. The summed E-state index contributed by atoms with van der Waals surface area (Å²) in [5.74, 6) is -2.76. The lowest BCUT2D eigenvalue weighted by Crippen LogP contribution is -2.81. The number of aliphatic hydroxyl groups excluding tert-OH is 4. The number of fused-ring (bicyclic) bond motifs is 5. The van der Waals surface area contributed by atoms with Crippen LogP contribution in [-0.2, 0) is 20.7 Å². The standard InChI is InChI=1S/C30H41NO12/c1-3-39-22(35)7-5-16-12-17-8-10-40-24(17)26(41-11-9-31-2)25(16)43-28-30(38)23-18(4-6-20(34)19(23)14-32)13-29(37,27(30)36)21(15-33)42-28/h4,6,8,10,12,18-21,23,27-28,31-34,36-38H,3,5,7,9,11,13-15H2,1-2H3. The Hall–Kier alpha value is -2.75. The third kappa shape index (κ3) is 5.42. The summed E-state index contributed by atoms with van der Waals surface area (Å²) in [4.78, 5) is 12.3. The fourth-order valence-electron chi connectivity index (χ4n) is 6.91. The lowest BCUT2D eigenvalue weighted by Gasteiger charge is -2.63. The Morgan fingerprint density at radius 2 is 1.95 bits per heavy atom. The fraction of sp³-hybridized carbons (Fsp3) is 0.633. The topological polar surface area (TPSA) is 201 Å². The third-order valence-electron chi connectivity index (χ3n) is 8.98. The van der Waals surface area contributed by atoms with E-state index in [1.54, 1.807) is 32.2 Å². The predicted octanol–water partition coefficient (Wildman–Crippen LogP) is -0.379. The first-order valence-electron chi connectivity index (χ1n) is 14.6. The number of esters is 1. The van der Waals surface area contributed by atoms with Crippen LogP contribution in [0.5, 0.6) is 11.5 Å². The highest BCUT2D eigenvalue weighted by Crippen LogP contribution is 2.56. The molecule has 2 fully saturated rings. The second-order valence-electron chi connectivity index (χ2n) is 11.4. The van der Waals surface area contributed by atoms with Crippen molar-refractivity contribution in [3.8, 4) is 11.5 Å². The molecule has 1 aromatic heterocycles. The normalized spacial score (nSPS) is 35.0. The molecular formula is C30H41NO12. The zero-order chi connectivity index (χ0) is 30.9. The van der Waals surface area contributed by atoms with Gasteiger partial charge < -0.3 is 59.3 Å². The number of benzene rings is 1. The molecule has 13 heteroatoms. The van der Waals surface area contributed by atoms with Crippen molar-refractivity contribution >= 4 is 16.9 Å². The Morgan fingerprint density at radius 3 is 2.65 bits per heavy atom. The first kappa shape index (κ1) is 31.7. The maximum atomic E-state index is 12.4. The van der Waals surface area contributed by atoms with Crippen molar-refractivity contribution in [1.82, 2.24) is 5.32 Å². The van der Waals surface area contributed by atoms with Crippen molar-refractivity contribution < 1.29 is 58.8 Å². The Morgan fingerprint density at radius 1 is 1.16 bits per heavy atom. The van der Waals surface area contributed by atoms with Gasteiger partial charge in [-0.25, -0.2) is 0 Å². The summed E-state index contributed by atoms with van der Waals surface area (Å²) < 4.78 is 29.4. The lowest BCUT2D eigenvalue weighted by atomic mass is 9.53. The van der Waals surface area contributed by atoms with E-state index in [0.29, 0.717) is 23.1 Å². The van der Waals surface area contributed by atoms with Crippen LogP contribution in [-0.4, -0.2) is 112 Å². The van der Waals surface area contributed by atoms with Crippen molar-refractivity contribution in [2.45, 2.75) is 62.0 Å². The van der Waals surface area contributed by atoms with E-state index >= 15 is 0 Å². The minimum atomic E-state index is -2.37. The number of carbonyl (C=O) groups excluding carboxylic acids is 1. The molecule has 2 aliphatic carbocycles. The summed E-state index contributed by atoms with van der Waals surface area (Å²) in [5, 5.41) is 70.4. The molecule has 2 aromatic rings. The molecular weight excluding hydrogens is 566 g/mol. The summed E-state index contributed by atoms with van der Waals surface area (Å²) in [6.07, 6.45) is -1.49. The van der Waals surface area contributed by atoms with Crippen molar-refractivity contribution in [2.75, 3.05) is 40.0 Å². The Kier molecular flexibility index (Phi) is 9.35. The van der Waals surface area contributed by atoms with Gasteiger partial charge in [-0.05, 0) is 50.4 Å². The van der Waals surface area contributed by atoms with Crippen molar-refractivity contribution in [2.24, 2.45) is 17.8 Å². The van der Waals surface area contributed by atoms with Gasteiger partial charge in [0.1, 0.15) is 24.4 Å². The van der Waals surface area contributed by atoms with Crippen LogP contribution < -0.4 is 14.8 Å². The van der Waals surface area contributed by atoms with Gasteiger partial charge in [0.15, 0.2) is 16.9 Å². The van der Waals surface area contributed by atoms with E-state index in [1.165, 1.54) is 12.3 Å². The van der Waals surface area contributed by atoms with Crippen LogP contribution in [0.2, 0.25) is 0 Å². The monoisotopic (exact) mass is 607 g/mol. The molecule has 7 N–H and O–H groups in total. The van der Waals surface area contributed by atoms with Gasteiger partial charge in [0.25, 0.3) is 0 Å². The summed E-state index contributed by atoms with van der Waals surface area (Å²) in [7, 11) is 1.76. The second-order valence-corrected chi connectivity index (χ2v) is 11.4. The molecule has 43 heavy (non-hydrogen) atoms. The SMILES string of the molecule is CCOC(=O)CCc1cc2ccoc2c(OCCNC)c1OC1OC(CO)C2(O)CC3C=CC(O)C(CO)C3C1(O)C2O. The Labute approximate surface area is 248 Å². The molecule has 1 saturated carbocycles. The largest absolute Gasteiger partial charge is 0.485 e. The maximum Gasteiger partial charge on any atom is 0.306 e. The molecule has 9 unspecified atom stereocenters. The summed E-state index contributed by atoms with van der Waals surface area (Å²) in [6.45, 7) is 1.34. The average molecular weight is 608 g/mol. The second kappa shape index (κ2) is 12.7. The summed E-state index contributed by atoms with van der Waals surface area (Å²) in [6, 6.07) is 3.47. The van der Waals surface area contributed by atoms with Crippen LogP contribution in [0.4, 0.5) is 0 Å². The highest BCUT2D eigenvalue weighted by Gasteiger charge is 2.72. The quantitative estimate of drug-likeness (QED) is 0.0937. The number of nitrogens with one attached hydrogen (secondary N) is 1. The van der Waals surface area contributed by atoms with E-state index < -0.39 is 72.7 Å². The minimum Gasteiger partial charge on any atom is -0.485 e. The lowest BCUT2D eigenvalue weighted by molar-refractivity contribution is -0.391. The Bertz CT molecular complexity index is 1310. The molecule has 0 spiro atoms. The number of aliphatic hydroxyl groups is 6. The molecule has 2 bridgehead atoms. The van der Waals surface area contributed by atoms with Gasteiger partial charge in [0, 0.05) is 36.8 Å². The molecule has 13 nitrogen and oxygen atoms in total. The number of hydrogen-bond acceptors (Lipinski definition) is 13. The van der Waals surface area contributed by atoms with Crippen LogP contribution in [0.3, 0.4) is 0 Å². The first-order valence-corrected chi connectivity index (χ1v) is 14.6. The number of aryl methyl sites for hydroxylation is 1. The van der Waals surface area contributed by atoms with Crippen LogP contribution in [0.1, 0.15) is 25.3 Å². The molecule has 5 rings (SSSR count). The third-order valence-corrected chi connectivity index (χ3v) is 8.98. The van der Waals surface area contributed by atoms with Gasteiger partial charge in [0.2, 0.25) is 12.0 Å². The zero-order valence-corrected chi connectivity index (χ0v) is 24.2. The highest BCUT2D eigenvalue weighted by atomic mass is 16.7. The van der Waals surface area contributed by atoms with Crippen LogP contribution >= 0.6 is 0 Å². The number of likely N-dealkylation sites (N-methyl/N-ethyl adjacent to an activating group) is 1. The number of hydrogen-bond donors (Lipinski definition) is 7. The predicted molar refractivity (Wildman–Crippen MR) is 150 cm³/mol. The van der Waals surface area contributed by atoms with Crippen molar-refractivity contribution in [1.29, 1.82) is 0 Å². The first-order chi connectivity index (χ1) is 20.6. The number of rotatable bonds is 12. The molecule has 1 aromatic carbocycles. The molecule has 0 amide bonds. The zero-order valence-electron chi connectivity index (χ0n) is 24.2. The van der Waals surface area contributed by atoms with Crippen molar-refractivity contribution in [3.63, 3.8) is 0 Å². The average Bonchev–Trinajstić information content (AvgIpc) is 3.46. The minimum absolute atomic E-state index is 0.00474. The Balaban J connectivity index is 1.63. The van der Waals surface area contributed by atoms with E-state index in [4.69, 9.17) is 23.4 Å². The smallest absolute Gasteiger partial charge is 0.306 e. The summed E-state index contributed by atoms with van der Waals surface area (Å²) >= 11 is 0. The molecule has 9 atom stereocenters. The van der Waals surface area contributed by atoms with E-state index in [-0.39, 0.29) is 44.0 Å². The number of carbonyl (C=O) groups is 1. The van der Waals surface area contributed by atoms with E-state index in [2.05, 4.69) is 5.32 Å². The van der Waals surface area contributed by atoms with Gasteiger partial charge in [-0.15, -0.1) is 0 Å². The van der Waals surface area contributed by atoms with Gasteiger partial charge in [-0.2, -0.15) is 0 Å². The van der Waals surface area contributed by atoms with Gasteiger partial charge in [-0.1, -0.05) is 12.2 Å². The van der Waals surface area contributed by atoms with Crippen LogP contribution in [0.25, 0.3) is 11.0 Å². The highest BCUT2D eigenvalue weighted by molar-refractivity contribution is 5.87.